The predicted octanol–water partition coefficient (Wildman–Crippen LogP) is 2.25. The number of halogens is 1. The number of carboxylic acids is 1. The van der Waals surface area contributed by atoms with Gasteiger partial charge in [0.2, 0.25) is 0 Å². The van der Waals surface area contributed by atoms with Crippen LogP contribution in [0.25, 0.3) is 0 Å². The average Bonchev–Trinajstić information content (AvgIpc) is 2.03. The van der Waals surface area contributed by atoms with Crippen LogP contribution in [0, 0.1) is 5.82 Å². The van der Waals surface area contributed by atoms with Crippen LogP contribution in [0.1, 0.15) is 10.4 Å². The van der Waals surface area contributed by atoms with E-state index >= 15 is 0 Å². The van der Waals surface area contributed by atoms with E-state index in [0.717, 1.165) is 6.07 Å². The number of carbonyl (C=O) groups is 1. The lowest BCUT2D eigenvalue weighted by atomic mass is 10.2. The molecular formula is C8H7FO2S. The Bertz CT molecular complexity index is 312. The Kier molecular flexibility index (Phi) is 2.70. The molecule has 0 bridgehead atoms. The Labute approximate surface area is 73.4 Å². The molecule has 2 nitrogen and oxygen atoms in total. The van der Waals surface area contributed by atoms with Crippen LogP contribution in [0.3, 0.4) is 0 Å². The molecule has 0 saturated heterocycles. The maximum Gasteiger partial charge on any atom is 0.335 e. The molecule has 0 unspecified atom stereocenters. The van der Waals surface area contributed by atoms with Gasteiger partial charge < -0.3 is 5.11 Å². The first-order chi connectivity index (χ1) is 5.63. The van der Waals surface area contributed by atoms with Crippen LogP contribution < -0.4 is 0 Å². The quantitative estimate of drug-likeness (QED) is 0.720. The van der Waals surface area contributed by atoms with E-state index in [-0.39, 0.29) is 5.56 Å². The van der Waals surface area contributed by atoms with Crippen molar-refractivity contribution in [1.82, 2.24) is 0 Å². The number of rotatable bonds is 2. The minimum atomic E-state index is -1.11. The van der Waals surface area contributed by atoms with Crippen molar-refractivity contribution >= 4 is 17.7 Å². The first-order valence-corrected chi connectivity index (χ1v) is 4.44. The molecule has 0 fully saturated rings. The largest absolute Gasteiger partial charge is 0.478 e. The van der Waals surface area contributed by atoms with Crippen molar-refractivity contribution in [3.8, 4) is 0 Å². The molecule has 0 saturated carbocycles. The average molecular weight is 186 g/mol. The predicted molar refractivity (Wildman–Crippen MR) is 45.1 cm³/mol. The summed E-state index contributed by atoms with van der Waals surface area (Å²) in [4.78, 5) is 11.1. The molecule has 1 aromatic carbocycles. The summed E-state index contributed by atoms with van der Waals surface area (Å²) >= 11 is 1.31. The van der Waals surface area contributed by atoms with Crippen molar-refractivity contribution in [2.45, 2.75) is 4.90 Å². The second-order valence-electron chi connectivity index (χ2n) is 2.18. The van der Waals surface area contributed by atoms with Gasteiger partial charge in [-0.3, -0.25) is 0 Å². The van der Waals surface area contributed by atoms with Gasteiger partial charge in [0.1, 0.15) is 5.82 Å². The zero-order valence-corrected chi connectivity index (χ0v) is 7.19. The van der Waals surface area contributed by atoms with Gasteiger partial charge in [0.15, 0.2) is 0 Å². The summed E-state index contributed by atoms with van der Waals surface area (Å²) in [5.74, 6) is -1.62. The molecule has 64 valence electrons. The Morgan fingerprint density at radius 2 is 2.17 bits per heavy atom. The number of hydrogen-bond acceptors (Lipinski definition) is 2. The first kappa shape index (κ1) is 9.06. The lowest BCUT2D eigenvalue weighted by Crippen LogP contribution is -1.96. The van der Waals surface area contributed by atoms with E-state index in [4.69, 9.17) is 5.11 Å². The molecule has 0 aliphatic rings. The highest BCUT2D eigenvalue weighted by Crippen LogP contribution is 2.18. The molecule has 0 radical (unpaired) electrons. The number of carboxylic acid groups (broad SMARTS) is 1. The van der Waals surface area contributed by atoms with E-state index in [1.165, 1.54) is 23.9 Å². The summed E-state index contributed by atoms with van der Waals surface area (Å²) in [6, 6.07) is 3.75. The third-order valence-electron chi connectivity index (χ3n) is 1.35. The summed E-state index contributed by atoms with van der Waals surface area (Å²) in [5.41, 5.74) is -0.0145. The monoisotopic (exact) mass is 186 g/mol. The molecule has 0 spiro atoms. The topological polar surface area (TPSA) is 37.3 Å². The van der Waals surface area contributed by atoms with Crippen molar-refractivity contribution in [1.29, 1.82) is 0 Å². The minimum absolute atomic E-state index is 0.0145. The summed E-state index contributed by atoms with van der Waals surface area (Å²) < 4.78 is 12.7. The zero-order chi connectivity index (χ0) is 9.14. The van der Waals surface area contributed by atoms with Crippen LogP contribution in [0.2, 0.25) is 0 Å². The Morgan fingerprint density at radius 3 is 2.67 bits per heavy atom. The fraction of sp³-hybridized carbons (Fsp3) is 0.125. The highest BCUT2D eigenvalue weighted by Gasteiger charge is 2.05. The van der Waals surface area contributed by atoms with Crippen LogP contribution in [0.5, 0.6) is 0 Å². The fourth-order valence-electron chi connectivity index (χ4n) is 0.804. The van der Waals surface area contributed by atoms with E-state index in [1.807, 2.05) is 0 Å². The molecule has 4 heteroatoms. The maximum atomic E-state index is 12.7. The van der Waals surface area contributed by atoms with Crippen LogP contribution >= 0.6 is 11.8 Å². The normalized spacial score (nSPS) is 9.83. The van der Waals surface area contributed by atoms with E-state index < -0.39 is 11.8 Å². The van der Waals surface area contributed by atoms with Gasteiger partial charge in [-0.15, -0.1) is 11.8 Å². The van der Waals surface area contributed by atoms with Crippen molar-refractivity contribution in [3.63, 3.8) is 0 Å². The van der Waals surface area contributed by atoms with Gasteiger partial charge in [0.05, 0.1) is 5.56 Å². The van der Waals surface area contributed by atoms with Gasteiger partial charge in [-0.05, 0) is 24.5 Å². The van der Waals surface area contributed by atoms with Crippen LogP contribution in [-0.4, -0.2) is 17.3 Å². The van der Waals surface area contributed by atoms with E-state index in [0.29, 0.717) is 4.90 Å². The van der Waals surface area contributed by atoms with Crippen LogP contribution in [-0.2, 0) is 0 Å². The molecule has 0 aliphatic carbocycles. The maximum absolute atomic E-state index is 12.7. The van der Waals surface area contributed by atoms with Gasteiger partial charge in [0.25, 0.3) is 0 Å². The SMILES string of the molecule is CSc1cc(F)cc(C(=O)O)c1. The van der Waals surface area contributed by atoms with Crippen molar-refractivity contribution in [2.24, 2.45) is 0 Å². The summed E-state index contributed by atoms with van der Waals surface area (Å²) in [6.45, 7) is 0. The van der Waals surface area contributed by atoms with E-state index in [1.54, 1.807) is 6.26 Å². The van der Waals surface area contributed by atoms with Gasteiger partial charge in [0, 0.05) is 4.90 Å². The van der Waals surface area contributed by atoms with E-state index in [9.17, 15) is 9.18 Å². The van der Waals surface area contributed by atoms with Gasteiger partial charge in [-0.1, -0.05) is 0 Å². The lowest BCUT2D eigenvalue weighted by Gasteiger charge is -1.98. The molecule has 1 rings (SSSR count). The highest BCUT2D eigenvalue weighted by atomic mass is 32.2. The first-order valence-electron chi connectivity index (χ1n) is 3.21. The molecule has 0 atom stereocenters. The third-order valence-corrected chi connectivity index (χ3v) is 2.06. The molecule has 0 heterocycles. The standard InChI is InChI=1S/C8H7FO2S/c1-12-7-3-5(8(10)11)2-6(9)4-7/h2-4H,1H3,(H,10,11). The number of hydrogen-bond donors (Lipinski definition) is 1. The summed E-state index contributed by atoms with van der Waals surface area (Å²) in [6.07, 6.45) is 1.76. The molecule has 0 aliphatic heterocycles. The Hall–Kier alpha value is -1.03. The van der Waals surface area contributed by atoms with Crippen molar-refractivity contribution < 1.29 is 14.3 Å². The Balaban J connectivity index is 3.15. The van der Waals surface area contributed by atoms with Gasteiger partial charge in [-0.2, -0.15) is 0 Å². The smallest absolute Gasteiger partial charge is 0.335 e. The van der Waals surface area contributed by atoms with Crippen molar-refractivity contribution in [2.75, 3.05) is 6.26 Å². The third kappa shape index (κ3) is 1.98. The van der Waals surface area contributed by atoms with Gasteiger partial charge >= 0.3 is 5.97 Å². The van der Waals surface area contributed by atoms with Crippen LogP contribution in [0.4, 0.5) is 4.39 Å². The number of thioether (sulfide) groups is 1. The number of benzene rings is 1. The number of aromatic carboxylic acids is 1. The van der Waals surface area contributed by atoms with E-state index in [2.05, 4.69) is 0 Å². The molecular weight excluding hydrogens is 179 g/mol. The summed E-state index contributed by atoms with van der Waals surface area (Å²) in [7, 11) is 0. The molecule has 1 N–H and O–H groups in total. The summed E-state index contributed by atoms with van der Waals surface area (Å²) in [5, 5.41) is 8.55. The Morgan fingerprint density at radius 1 is 1.50 bits per heavy atom. The molecule has 1 aromatic rings. The van der Waals surface area contributed by atoms with Crippen LogP contribution in [0.15, 0.2) is 23.1 Å². The second-order valence-corrected chi connectivity index (χ2v) is 3.06. The minimum Gasteiger partial charge on any atom is -0.478 e. The molecule has 12 heavy (non-hydrogen) atoms. The molecule has 0 aromatic heterocycles. The molecule has 0 amide bonds. The zero-order valence-electron chi connectivity index (χ0n) is 6.37. The second kappa shape index (κ2) is 3.58. The van der Waals surface area contributed by atoms with Gasteiger partial charge in [-0.25, -0.2) is 9.18 Å². The highest BCUT2D eigenvalue weighted by molar-refractivity contribution is 7.98. The van der Waals surface area contributed by atoms with Crippen molar-refractivity contribution in [3.05, 3.63) is 29.6 Å². The fourth-order valence-corrected chi connectivity index (χ4v) is 1.28. The lowest BCUT2D eigenvalue weighted by molar-refractivity contribution is 0.0696.